The Morgan fingerprint density at radius 3 is 2.47 bits per heavy atom. The topological polar surface area (TPSA) is 62.1 Å². The molecule has 0 radical (unpaired) electrons. The van der Waals surface area contributed by atoms with Crippen molar-refractivity contribution in [3.05, 3.63) is 97.3 Å². The van der Waals surface area contributed by atoms with E-state index in [2.05, 4.69) is 43.8 Å². The van der Waals surface area contributed by atoms with Crippen molar-refractivity contribution in [3.63, 3.8) is 0 Å². The Labute approximate surface area is 195 Å². The number of benzene rings is 3. The van der Waals surface area contributed by atoms with Gasteiger partial charge in [0.05, 0.1) is 3.57 Å². The van der Waals surface area contributed by atoms with E-state index in [9.17, 15) is 14.4 Å². The highest BCUT2D eigenvalue weighted by Gasteiger charge is 2.10. The molecule has 0 unspecified atom stereocenters. The molecule has 0 fully saturated rings. The number of carbonyl (C=O) groups excluding carboxylic acids is 1. The first-order chi connectivity index (χ1) is 14.4. The Kier molecular flexibility index (Phi) is 7.60. The van der Waals surface area contributed by atoms with Crippen molar-refractivity contribution in [1.82, 2.24) is 0 Å². The Hall–Kier alpha value is -2.70. The normalized spacial score (nSPS) is 10.9. The van der Waals surface area contributed by atoms with Crippen molar-refractivity contribution in [2.75, 3.05) is 5.32 Å². The van der Waals surface area contributed by atoms with Crippen LogP contribution in [0.1, 0.15) is 11.1 Å². The van der Waals surface area contributed by atoms with Gasteiger partial charge in [0.15, 0.2) is 0 Å². The molecule has 0 aliphatic heterocycles. The number of nitrogens with one attached hydrogen (secondary N) is 1. The monoisotopic (exact) mass is 576 g/mol. The van der Waals surface area contributed by atoms with Crippen molar-refractivity contribution in [2.45, 2.75) is 6.61 Å². The fourth-order valence-corrected chi connectivity index (χ4v) is 3.47. The number of ether oxygens (including phenoxy) is 1. The van der Waals surface area contributed by atoms with E-state index in [1.54, 1.807) is 48.5 Å². The van der Waals surface area contributed by atoms with Crippen LogP contribution in [0.5, 0.6) is 5.75 Å². The van der Waals surface area contributed by atoms with Gasteiger partial charge in [0.2, 0.25) is 0 Å². The molecule has 0 saturated carbocycles. The second kappa shape index (κ2) is 10.4. The van der Waals surface area contributed by atoms with Crippen LogP contribution in [0.25, 0.3) is 6.08 Å². The van der Waals surface area contributed by atoms with Gasteiger partial charge in [-0.15, -0.1) is 0 Å². The van der Waals surface area contributed by atoms with Crippen molar-refractivity contribution in [2.24, 2.45) is 0 Å². The summed E-state index contributed by atoms with van der Waals surface area (Å²) in [4.78, 5) is 12.4. The zero-order chi connectivity index (χ0) is 21.5. The van der Waals surface area contributed by atoms with Crippen LogP contribution in [0.3, 0.4) is 0 Å². The molecule has 0 aromatic heterocycles. The highest BCUT2D eigenvalue weighted by Crippen LogP contribution is 2.24. The largest absolute Gasteiger partial charge is 0.488 e. The third kappa shape index (κ3) is 6.15. The second-order valence-electron chi connectivity index (χ2n) is 6.24. The predicted octanol–water partition coefficient (Wildman–Crippen LogP) is 6.32. The summed E-state index contributed by atoms with van der Waals surface area (Å²) >= 11 is 5.47. The molecule has 30 heavy (non-hydrogen) atoms. The van der Waals surface area contributed by atoms with Crippen LogP contribution in [0.2, 0.25) is 0 Å². The Morgan fingerprint density at radius 1 is 1.13 bits per heavy atom. The van der Waals surface area contributed by atoms with Crippen molar-refractivity contribution in [3.8, 4) is 11.8 Å². The fourth-order valence-electron chi connectivity index (χ4n) is 2.51. The van der Waals surface area contributed by atoms with E-state index >= 15 is 0 Å². The summed E-state index contributed by atoms with van der Waals surface area (Å²) in [5.41, 5.74) is 2.15. The molecule has 150 valence electrons. The first kappa shape index (κ1) is 22.0. The Morgan fingerprint density at radius 2 is 1.83 bits per heavy atom. The Balaban J connectivity index is 1.69. The first-order valence-corrected chi connectivity index (χ1v) is 10.7. The van der Waals surface area contributed by atoms with Gasteiger partial charge >= 0.3 is 0 Å². The molecule has 7 heteroatoms. The van der Waals surface area contributed by atoms with Crippen molar-refractivity contribution in [1.29, 1.82) is 5.26 Å². The van der Waals surface area contributed by atoms with E-state index in [1.165, 1.54) is 18.2 Å². The van der Waals surface area contributed by atoms with E-state index in [4.69, 9.17) is 4.74 Å². The molecular weight excluding hydrogens is 562 g/mol. The number of rotatable bonds is 6. The lowest BCUT2D eigenvalue weighted by atomic mass is 10.1. The van der Waals surface area contributed by atoms with Crippen LogP contribution in [-0.2, 0) is 11.4 Å². The number of amides is 1. The van der Waals surface area contributed by atoms with Gasteiger partial charge in [0.1, 0.15) is 29.8 Å². The van der Waals surface area contributed by atoms with Gasteiger partial charge in [-0.25, -0.2) is 4.39 Å². The van der Waals surface area contributed by atoms with Crippen molar-refractivity contribution < 1.29 is 13.9 Å². The van der Waals surface area contributed by atoms with Gasteiger partial charge in [-0.3, -0.25) is 4.79 Å². The number of hydrogen-bond acceptors (Lipinski definition) is 3. The predicted molar refractivity (Wildman–Crippen MR) is 126 cm³/mol. The number of nitriles is 1. The zero-order valence-corrected chi connectivity index (χ0v) is 19.3. The summed E-state index contributed by atoms with van der Waals surface area (Å²) in [5.74, 6) is -0.108. The molecule has 0 aliphatic carbocycles. The molecule has 0 atom stereocenters. The van der Waals surface area contributed by atoms with E-state index in [-0.39, 0.29) is 11.4 Å². The van der Waals surface area contributed by atoms with Crippen LogP contribution in [0.4, 0.5) is 10.1 Å². The minimum atomic E-state index is -0.480. The molecular formula is C23H15BrFIN2O2. The van der Waals surface area contributed by atoms with Crippen molar-refractivity contribution >= 4 is 56.2 Å². The smallest absolute Gasteiger partial charge is 0.266 e. The van der Waals surface area contributed by atoms with E-state index in [0.29, 0.717) is 23.6 Å². The number of nitrogens with zero attached hydrogens (tertiary/aromatic N) is 1. The fraction of sp³-hybridized carbons (Fsp3) is 0.0435. The summed E-state index contributed by atoms with van der Waals surface area (Å²) < 4.78 is 20.5. The standard InChI is InChI=1S/C23H15BrFIN2O2/c24-18-4-8-20(9-5-18)28-23(29)17(13-27)11-16-3-10-22(21(26)12-16)30-14-15-1-6-19(25)7-2-15/h1-12H,14H2,(H,28,29)/b17-11-. The molecule has 0 spiro atoms. The summed E-state index contributed by atoms with van der Waals surface area (Å²) in [5, 5.41) is 12.1. The second-order valence-corrected chi connectivity index (χ2v) is 8.31. The van der Waals surface area contributed by atoms with Crippen LogP contribution >= 0.6 is 38.5 Å². The number of carbonyl (C=O) groups is 1. The quantitative estimate of drug-likeness (QED) is 0.212. The Bertz CT molecular complexity index is 1120. The minimum Gasteiger partial charge on any atom is -0.488 e. The third-order valence-electron chi connectivity index (χ3n) is 4.04. The van der Waals surface area contributed by atoms with E-state index < -0.39 is 5.91 Å². The van der Waals surface area contributed by atoms with Gasteiger partial charge < -0.3 is 10.1 Å². The summed E-state index contributed by atoms with van der Waals surface area (Å²) in [7, 11) is 0. The molecule has 0 bridgehead atoms. The van der Waals surface area contributed by atoms with Gasteiger partial charge in [-0.1, -0.05) is 34.1 Å². The van der Waals surface area contributed by atoms with Gasteiger partial charge in [-0.05, 0) is 88.3 Å². The maximum absolute atomic E-state index is 13.0. The molecule has 3 aromatic rings. The molecule has 0 heterocycles. The minimum absolute atomic E-state index is 0.00583. The number of halogens is 3. The van der Waals surface area contributed by atoms with Crippen LogP contribution in [0, 0.1) is 20.7 Å². The molecule has 1 amide bonds. The average Bonchev–Trinajstić information content (AvgIpc) is 2.74. The lowest BCUT2D eigenvalue weighted by Crippen LogP contribution is -2.13. The van der Waals surface area contributed by atoms with Crippen LogP contribution < -0.4 is 10.1 Å². The third-order valence-corrected chi connectivity index (χ3v) is 5.41. The summed E-state index contributed by atoms with van der Waals surface area (Å²) in [6.07, 6.45) is 1.53. The summed E-state index contributed by atoms with van der Waals surface area (Å²) in [6, 6.07) is 20.5. The maximum atomic E-state index is 13.0. The van der Waals surface area contributed by atoms with E-state index in [1.807, 2.05) is 12.1 Å². The molecule has 0 aliphatic rings. The number of hydrogen-bond donors (Lipinski definition) is 1. The molecule has 4 nitrogen and oxygen atoms in total. The van der Waals surface area contributed by atoms with Gasteiger partial charge in [0, 0.05) is 10.2 Å². The highest BCUT2D eigenvalue weighted by molar-refractivity contribution is 14.1. The van der Waals surface area contributed by atoms with Crippen LogP contribution in [0.15, 0.2) is 76.8 Å². The first-order valence-electron chi connectivity index (χ1n) is 8.80. The maximum Gasteiger partial charge on any atom is 0.266 e. The average molecular weight is 577 g/mol. The molecule has 3 rings (SSSR count). The van der Waals surface area contributed by atoms with E-state index in [0.717, 1.165) is 13.6 Å². The molecule has 3 aromatic carbocycles. The lowest BCUT2D eigenvalue weighted by Gasteiger charge is -2.09. The summed E-state index contributed by atoms with van der Waals surface area (Å²) in [6.45, 7) is 0.310. The molecule has 0 saturated heterocycles. The zero-order valence-electron chi connectivity index (χ0n) is 15.5. The SMILES string of the molecule is N#C/C(=C/c1ccc(OCc2ccc(F)cc2)c(I)c1)C(=O)Nc1ccc(Br)cc1. The molecule has 1 N–H and O–H groups in total. The van der Waals surface area contributed by atoms with Gasteiger partial charge in [0.25, 0.3) is 5.91 Å². The highest BCUT2D eigenvalue weighted by atomic mass is 127. The van der Waals surface area contributed by atoms with Crippen LogP contribution in [-0.4, -0.2) is 5.91 Å². The number of anilines is 1. The lowest BCUT2D eigenvalue weighted by molar-refractivity contribution is -0.112. The van der Waals surface area contributed by atoms with Gasteiger partial charge in [-0.2, -0.15) is 5.26 Å².